The molecule has 2 fully saturated rings. The molecule has 2 aliphatic rings. The number of amides is 1. The van der Waals surface area contributed by atoms with Crippen molar-refractivity contribution in [1.82, 2.24) is 14.5 Å². The largest absolute Gasteiger partial charge is 0.367 e. The number of carbonyl (C=O) groups is 2. The van der Waals surface area contributed by atoms with Crippen LogP contribution >= 0.6 is 0 Å². The predicted octanol–water partition coefficient (Wildman–Crippen LogP) is 1.36. The molecule has 0 bridgehead atoms. The quantitative estimate of drug-likeness (QED) is 0.846. The number of rotatable bonds is 3. The summed E-state index contributed by atoms with van der Waals surface area (Å²) in [6, 6.07) is 0. The highest BCUT2D eigenvalue weighted by Crippen LogP contribution is 2.33. The van der Waals surface area contributed by atoms with Gasteiger partial charge in [-0.25, -0.2) is 4.98 Å². The molecule has 3 heterocycles. The highest BCUT2D eigenvalue weighted by molar-refractivity contribution is 5.93. The first-order valence-electron chi connectivity index (χ1n) is 7.98. The number of aromatic nitrogens is 2. The number of ether oxygens (including phenoxy) is 1. The van der Waals surface area contributed by atoms with Gasteiger partial charge in [-0.2, -0.15) is 0 Å². The molecular weight excluding hydrogens is 282 g/mol. The van der Waals surface area contributed by atoms with Gasteiger partial charge in [-0.3, -0.25) is 9.59 Å². The number of likely N-dealkylation sites (tertiary alicyclic amines) is 1. The lowest BCUT2D eigenvalue weighted by molar-refractivity contribution is -0.153. The fourth-order valence-corrected chi connectivity index (χ4v) is 3.38. The van der Waals surface area contributed by atoms with Crippen LogP contribution in [-0.4, -0.2) is 51.4 Å². The molecule has 1 atom stereocenters. The second-order valence-corrected chi connectivity index (χ2v) is 6.50. The van der Waals surface area contributed by atoms with E-state index in [4.69, 9.17) is 4.74 Å². The first-order chi connectivity index (χ1) is 10.5. The third-order valence-electron chi connectivity index (χ3n) is 4.65. The molecule has 0 N–H and O–H groups in total. The lowest BCUT2D eigenvalue weighted by atomic mass is 9.87. The standard InChI is InChI=1S/C16H23N3O3/c1-12(2)15-17-6-8-19(15)11-14(21)18-7-5-16(13(20)10-18)4-3-9-22-16/h6,8,12H,3-5,7,9-11H2,1-2H3. The Bertz CT molecular complexity index is 573. The first kappa shape index (κ1) is 15.2. The highest BCUT2D eigenvalue weighted by Gasteiger charge is 2.46. The van der Waals surface area contributed by atoms with E-state index in [9.17, 15) is 9.59 Å². The molecule has 6 heteroatoms. The van der Waals surface area contributed by atoms with E-state index in [0.29, 0.717) is 19.6 Å². The maximum atomic E-state index is 12.5. The van der Waals surface area contributed by atoms with Crippen LogP contribution in [-0.2, 0) is 20.9 Å². The minimum absolute atomic E-state index is 0.0268. The summed E-state index contributed by atoms with van der Waals surface area (Å²) in [4.78, 5) is 30.8. The number of hydrogen-bond acceptors (Lipinski definition) is 4. The number of piperidine rings is 1. The summed E-state index contributed by atoms with van der Waals surface area (Å²) >= 11 is 0. The molecule has 1 amide bonds. The lowest BCUT2D eigenvalue weighted by Gasteiger charge is -2.37. The minimum atomic E-state index is -0.602. The van der Waals surface area contributed by atoms with Gasteiger partial charge in [0.1, 0.15) is 18.0 Å². The van der Waals surface area contributed by atoms with Crippen molar-refractivity contribution in [2.45, 2.75) is 51.2 Å². The number of ketones is 1. The SMILES string of the molecule is CC(C)c1nccn1CC(=O)N1CCC2(CCCO2)C(=O)C1. The second kappa shape index (κ2) is 5.83. The summed E-state index contributed by atoms with van der Waals surface area (Å²) in [5, 5.41) is 0. The van der Waals surface area contributed by atoms with Gasteiger partial charge < -0.3 is 14.2 Å². The molecule has 22 heavy (non-hydrogen) atoms. The summed E-state index contributed by atoms with van der Waals surface area (Å²) in [7, 11) is 0. The molecule has 1 unspecified atom stereocenters. The predicted molar refractivity (Wildman–Crippen MR) is 80.4 cm³/mol. The number of hydrogen-bond donors (Lipinski definition) is 0. The fraction of sp³-hybridized carbons (Fsp3) is 0.688. The van der Waals surface area contributed by atoms with Gasteiger partial charge in [-0.15, -0.1) is 0 Å². The van der Waals surface area contributed by atoms with Crippen molar-refractivity contribution in [1.29, 1.82) is 0 Å². The first-order valence-corrected chi connectivity index (χ1v) is 7.98. The Balaban J connectivity index is 1.64. The van der Waals surface area contributed by atoms with E-state index in [2.05, 4.69) is 18.8 Å². The Morgan fingerprint density at radius 2 is 2.27 bits per heavy atom. The number of imidazole rings is 1. The number of nitrogens with zero attached hydrogens (tertiary/aromatic N) is 3. The van der Waals surface area contributed by atoms with Gasteiger partial charge in [0.15, 0.2) is 5.78 Å². The third-order valence-corrected chi connectivity index (χ3v) is 4.65. The van der Waals surface area contributed by atoms with E-state index in [1.54, 1.807) is 11.1 Å². The number of Topliss-reactive ketones (excluding diaryl/α,β-unsaturated/α-hetero) is 1. The molecule has 2 saturated heterocycles. The zero-order valence-corrected chi connectivity index (χ0v) is 13.2. The van der Waals surface area contributed by atoms with E-state index in [-0.39, 0.29) is 30.7 Å². The van der Waals surface area contributed by atoms with E-state index in [1.165, 1.54) is 0 Å². The second-order valence-electron chi connectivity index (χ2n) is 6.50. The molecule has 0 radical (unpaired) electrons. The molecule has 6 nitrogen and oxygen atoms in total. The minimum Gasteiger partial charge on any atom is -0.367 e. The number of carbonyl (C=O) groups excluding carboxylic acids is 2. The fourth-order valence-electron chi connectivity index (χ4n) is 3.38. The average molecular weight is 305 g/mol. The van der Waals surface area contributed by atoms with Crippen LogP contribution in [0.1, 0.15) is 44.9 Å². The van der Waals surface area contributed by atoms with Gasteiger partial charge >= 0.3 is 0 Å². The molecule has 120 valence electrons. The highest BCUT2D eigenvalue weighted by atomic mass is 16.5. The molecule has 3 rings (SSSR count). The molecule has 2 aliphatic heterocycles. The molecule has 1 aromatic rings. The van der Waals surface area contributed by atoms with Crippen LogP contribution in [0, 0.1) is 0 Å². The van der Waals surface area contributed by atoms with Crippen LogP contribution in [0.3, 0.4) is 0 Å². The summed E-state index contributed by atoms with van der Waals surface area (Å²) in [5.41, 5.74) is -0.602. The van der Waals surface area contributed by atoms with Crippen LogP contribution in [0.25, 0.3) is 0 Å². The molecule has 0 aliphatic carbocycles. The molecule has 1 spiro atoms. The van der Waals surface area contributed by atoms with Crippen LogP contribution in [0.15, 0.2) is 12.4 Å². The van der Waals surface area contributed by atoms with Crippen molar-refractivity contribution in [3.05, 3.63) is 18.2 Å². The Kier molecular flexibility index (Phi) is 4.04. The Hall–Kier alpha value is -1.69. The van der Waals surface area contributed by atoms with Crippen LogP contribution in [0.4, 0.5) is 0 Å². The van der Waals surface area contributed by atoms with E-state index in [0.717, 1.165) is 18.7 Å². The van der Waals surface area contributed by atoms with Gasteiger partial charge in [-0.05, 0) is 12.8 Å². The van der Waals surface area contributed by atoms with Crippen LogP contribution < -0.4 is 0 Å². The smallest absolute Gasteiger partial charge is 0.242 e. The monoisotopic (exact) mass is 305 g/mol. The molecule has 0 saturated carbocycles. The summed E-state index contributed by atoms with van der Waals surface area (Å²) in [6.45, 7) is 5.77. The maximum absolute atomic E-state index is 12.5. The molecule has 0 aromatic carbocycles. The zero-order valence-electron chi connectivity index (χ0n) is 13.2. The van der Waals surface area contributed by atoms with Gasteiger partial charge in [0.2, 0.25) is 5.91 Å². The van der Waals surface area contributed by atoms with Gasteiger partial charge in [0.25, 0.3) is 0 Å². The Labute approximate surface area is 130 Å². The summed E-state index contributed by atoms with van der Waals surface area (Å²) in [6.07, 6.45) is 5.89. The summed E-state index contributed by atoms with van der Waals surface area (Å²) in [5.74, 6) is 1.19. The summed E-state index contributed by atoms with van der Waals surface area (Å²) < 4.78 is 7.54. The van der Waals surface area contributed by atoms with Crippen LogP contribution in [0.5, 0.6) is 0 Å². The van der Waals surface area contributed by atoms with E-state index < -0.39 is 5.60 Å². The van der Waals surface area contributed by atoms with Crippen molar-refractivity contribution in [3.8, 4) is 0 Å². The Morgan fingerprint density at radius 1 is 1.45 bits per heavy atom. The molecule has 1 aromatic heterocycles. The van der Waals surface area contributed by atoms with Crippen molar-refractivity contribution < 1.29 is 14.3 Å². The van der Waals surface area contributed by atoms with Gasteiger partial charge in [0.05, 0.1) is 6.54 Å². The average Bonchev–Trinajstić information content (AvgIpc) is 3.12. The van der Waals surface area contributed by atoms with Crippen molar-refractivity contribution >= 4 is 11.7 Å². The third kappa shape index (κ3) is 2.67. The van der Waals surface area contributed by atoms with Gasteiger partial charge in [0, 0.05) is 37.9 Å². The van der Waals surface area contributed by atoms with Gasteiger partial charge in [-0.1, -0.05) is 13.8 Å². The van der Waals surface area contributed by atoms with E-state index >= 15 is 0 Å². The molecular formula is C16H23N3O3. The van der Waals surface area contributed by atoms with Crippen molar-refractivity contribution in [3.63, 3.8) is 0 Å². The van der Waals surface area contributed by atoms with E-state index in [1.807, 2.05) is 10.8 Å². The zero-order chi connectivity index (χ0) is 15.7. The van der Waals surface area contributed by atoms with Crippen LogP contribution in [0.2, 0.25) is 0 Å². The normalized spacial score (nSPS) is 25.4. The topological polar surface area (TPSA) is 64.4 Å². The lowest BCUT2D eigenvalue weighted by Crippen LogP contribution is -2.54. The Morgan fingerprint density at radius 3 is 2.91 bits per heavy atom. The van der Waals surface area contributed by atoms with Crippen molar-refractivity contribution in [2.24, 2.45) is 0 Å². The van der Waals surface area contributed by atoms with Crippen molar-refractivity contribution in [2.75, 3.05) is 19.7 Å². The maximum Gasteiger partial charge on any atom is 0.242 e.